The molecule has 0 aliphatic heterocycles. The quantitative estimate of drug-likeness (QED) is 0.752. The summed E-state index contributed by atoms with van der Waals surface area (Å²) in [5.41, 5.74) is 1.64. The normalized spacial score (nSPS) is 16.9. The highest BCUT2D eigenvalue weighted by Crippen LogP contribution is 2.18. The lowest BCUT2D eigenvalue weighted by Gasteiger charge is -2.17. The van der Waals surface area contributed by atoms with Crippen molar-refractivity contribution in [3.8, 4) is 0 Å². The SMILES string of the molecule is CN(C)CCNC(=O)c1ccc(CNC(=O)[C@H]2CC=CCC2)cc1. The van der Waals surface area contributed by atoms with E-state index in [1.807, 2.05) is 31.1 Å². The van der Waals surface area contributed by atoms with Crippen molar-refractivity contribution in [2.45, 2.75) is 25.8 Å². The molecule has 0 spiro atoms. The lowest BCUT2D eigenvalue weighted by Crippen LogP contribution is -2.31. The van der Waals surface area contributed by atoms with Crippen molar-refractivity contribution in [3.63, 3.8) is 0 Å². The third kappa shape index (κ3) is 5.81. The second-order valence-corrected chi connectivity index (χ2v) is 6.46. The fourth-order valence-corrected chi connectivity index (χ4v) is 2.63. The Kier molecular flexibility index (Phi) is 7.00. The first-order chi connectivity index (χ1) is 11.6. The van der Waals surface area contributed by atoms with Crippen LogP contribution >= 0.6 is 0 Å². The average molecular weight is 329 g/mol. The van der Waals surface area contributed by atoms with E-state index in [0.29, 0.717) is 18.7 Å². The average Bonchev–Trinajstić information content (AvgIpc) is 2.60. The van der Waals surface area contributed by atoms with Gasteiger partial charge in [-0.2, -0.15) is 0 Å². The van der Waals surface area contributed by atoms with Crippen molar-refractivity contribution in [3.05, 3.63) is 47.5 Å². The summed E-state index contributed by atoms with van der Waals surface area (Å²) in [7, 11) is 3.94. The molecule has 0 saturated heterocycles. The minimum absolute atomic E-state index is 0.0681. The lowest BCUT2D eigenvalue weighted by molar-refractivity contribution is -0.125. The number of carbonyl (C=O) groups is 2. The van der Waals surface area contributed by atoms with Crippen molar-refractivity contribution in [1.29, 1.82) is 0 Å². The molecule has 5 nitrogen and oxygen atoms in total. The Labute approximate surface area is 144 Å². The molecule has 24 heavy (non-hydrogen) atoms. The Balaban J connectivity index is 1.78. The first-order valence-corrected chi connectivity index (χ1v) is 8.51. The number of rotatable bonds is 7. The minimum Gasteiger partial charge on any atom is -0.352 e. The van der Waals surface area contributed by atoms with Crippen LogP contribution in [0.25, 0.3) is 0 Å². The molecule has 1 aromatic carbocycles. The second kappa shape index (κ2) is 9.23. The van der Waals surface area contributed by atoms with Gasteiger partial charge in [0.1, 0.15) is 0 Å². The van der Waals surface area contributed by atoms with Gasteiger partial charge < -0.3 is 15.5 Å². The number of benzene rings is 1. The second-order valence-electron chi connectivity index (χ2n) is 6.46. The third-order valence-corrected chi connectivity index (χ3v) is 4.17. The predicted molar refractivity (Wildman–Crippen MR) is 95.7 cm³/mol. The van der Waals surface area contributed by atoms with E-state index < -0.39 is 0 Å². The highest BCUT2D eigenvalue weighted by molar-refractivity contribution is 5.94. The van der Waals surface area contributed by atoms with Gasteiger partial charge in [0.25, 0.3) is 5.91 Å². The van der Waals surface area contributed by atoms with Crippen LogP contribution in [-0.4, -0.2) is 43.9 Å². The molecule has 0 heterocycles. The van der Waals surface area contributed by atoms with Gasteiger partial charge in [-0.3, -0.25) is 9.59 Å². The zero-order valence-electron chi connectivity index (χ0n) is 14.5. The van der Waals surface area contributed by atoms with E-state index in [2.05, 4.69) is 22.8 Å². The number of likely N-dealkylation sites (N-methyl/N-ethyl adjacent to an activating group) is 1. The molecule has 2 amide bonds. The fourth-order valence-electron chi connectivity index (χ4n) is 2.63. The van der Waals surface area contributed by atoms with Crippen LogP contribution < -0.4 is 10.6 Å². The third-order valence-electron chi connectivity index (χ3n) is 4.17. The van der Waals surface area contributed by atoms with E-state index in [4.69, 9.17) is 0 Å². The van der Waals surface area contributed by atoms with Gasteiger partial charge in [0.15, 0.2) is 0 Å². The Bertz CT molecular complexity index is 579. The van der Waals surface area contributed by atoms with Gasteiger partial charge >= 0.3 is 0 Å². The summed E-state index contributed by atoms with van der Waals surface area (Å²) in [6, 6.07) is 7.38. The Morgan fingerprint density at radius 1 is 1.12 bits per heavy atom. The fraction of sp³-hybridized carbons (Fsp3) is 0.474. The number of carbonyl (C=O) groups excluding carboxylic acids is 2. The van der Waals surface area contributed by atoms with Crippen LogP contribution in [0.3, 0.4) is 0 Å². The van der Waals surface area contributed by atoms with E-state index in [1.54, 1.807) is 12.1 Å². The molecule has 1 aromatic rings. The summed E-state index contributed by atoms with van der Waals surface area (Å²) in [5.74, 6) is 0.142. The topological polar surface area (TPSA) is 61.4 Å². The number of hydrogen-bond donors (Lipinski definition) is 2. The van der Waals surface area contributed by atoms with Crippen LogP contribution in [0.15, 0.2) is 36.4 Å². The first-order valence-electron chi connectivity index (χ1n) is 8.51. The molecule has 0 aromatic heterocycles. The van der Waals surface area contributed by atoms with Gasteiger partial charge in [0.05, 0.1) is 0 Å². The van der Waals surface area contributed by atoms with Crippen molar-refractivity contribution >= 4 is 11.8 Å². The number of allylic oxidation sites excluding steroid dienone is 2. The zero-order valence-corrected chi connectivity index (χ0v) is 14.5. The molecule has 0 saturated carbocycles. The van der Waals surface area contributed by atoms with Gasteiger partial charge in [0.2, 0.25) is 5.91 Å². The molecule has 2 rings (SSSR count). The van der Waals surface area contributed by atoms with E-state index in [1.165, 1.54) is 0 Å². The molecule has 1 atom stereocenters. The Morgan fingerprint density at radius 2 is 1.88 bits per heavy atom. The van der Waals surface area contributed by atoms with Gasteiger partial charge in [-0.05, 0) is 51.1 Å². The van der Waals surface area contributed by atoms with Gasteiger partial charge in [-0.1, -0.05) is 24.3 Å². The van der Waals surface area contributed by atoms with Gasteiger partial charge in [-0.15, -0.1) is 0 Å². The summed E-state index contributed by atoms with van der Waals surface area (Å²) < 4.78 is 0. The maximum absolute atomic E-state index is 12.1. The van der Waals surface area contributed by atoms with Crippen molar-refractivity contribution in [2.24, 2.45) is 5.92 Å². The highest BCUT2D eigenvalue weighted by Gasteiger charge is 2.18. The van der Waals surface area contributed by atoms with Crippen LogP contribution in [0.4, 0.5) is 0 Å². The summed E-state index contributed by atoms with van der Waals surface area (Å²) in [4.78, 5) is 26.1. The molecule has 1 aliphatic rings. The van der Waals surface area contributed by atoms with Gasteiger partial charge in [-0.25, -0.2) is 0 Å². The summed E-state index contributed by atoms with van der Waals surface area (Å²) in [6.07, 6.45) is 6.95. The number of amides is 2. The number of nitrogens with one attached hydrogen (secondary N) is 2. The Morgan fingerprint density at radius 3 is 2.50 bits per heavy atom. The van der Waals surface area contributed by atoms with E-state index in [-0.39, 0.29) is 17.7 Å². The highest BCUT2D eigenvalue weighted by atomic mass is 16.2. The van der Waals surface area contributed by atoms with Crippen molar-refractivity contribution < 1.29 is 9.59 Å². The molecule has 0 radical (unpaired) electrons. The van der Waals surface area contributed by atoms with E-state index in [9.17, 15) is 9.59 Å². The molecule has 0 fully saturated rings. The standard InChI is InChI=1S/C19H27N3O2/c1-22(2)13-12-20-18(23)17-10-8-15(9-11-17)14-21-19(24)16-6-4-3-5-7-16/h3-4,8-11,16H,5-7,12-14H2,1-2H3,(H,20,23)(H,21,24)/t16-/m0/s1. The lowest BCUT2D eigenvalue weighted by atomic mass is 9.93. The van der Waals surface area contributed by atoms with Crippen LogP contribution in [0.2, 0.25) is 0 Å². The van der Waals surface area contributed by atoms with Gasteiger partial charge in [0, 0.05) is 31.1 Å². The van der Waals surface area contributed by atoms with Crippen LogP contribution in [0.1, 0.15) is 35.2 Å². The molecule has 2 N–H and O–H groups in total. The molecular formula is C19H27N3O2. The van der Waals surface area contributed by atoms with Crippen LogP contribution in [0.5, 0.6) is 0 Å². The monoisotopic (exact) mass is 329 g/mol. The van der Waals surface area contributed by atoms with Crippen LogP contribution in [0, 0.1) is 5.92 Å². The summed E-state index contributed by atoms with van der Waals surface area (Å²) in [5, 5.41) is 5.87. The first kappa shape index (κ1) is 18.2. The van der Waals surface area contributed by atoms with E-state index >= 15 is 0 Å². The zero-order chi connectivity index (χ0) is 17.4. The predicted octanol–water partition coefficient (Wildman–Crippen LogP) is 1.95. The van der Waals surface area contributed by atoms with Crippen LogP contribution in [-0.2, 0) is 11.3 Å². The molecular weight excluding hydrogens is 302 g/mol. The molecule has 0 unspecified atom stereocenters. The van der Waals surface area contributed by atoms with Crippen molar-refractivity contribution in [2.75, 3.05) is 27.2 Å². The number of hydrogen-bond acceptors (Lipinski definition) is 3. The van der Waals surface area contributed by atoms with E-state index in [0.717, 1.165) is 31.4 Å². The maximum Gasteiger partial charge on any atom is 0.251 e. The summed E-state index contributed by atoms with van der Waals surface area (Å²) in [6.45, 7) is 1.94. The minimum atomic E-state index is -0.0681. The summed E-state index contributed by atoms with van der Waals surface area (Å²) >= 11 is 0. The smallest absolute Gasteiger partial charge is 0.251 e. The van der Waals surface area contributed by atoms with Crippen molar-refractivity contribution in [1.82, 2.24) is 15.5 Å². The largest absolute Gasteiger partial charge is 0.352 e. The molecule has 130 valence electrons. The number of nitrogens with zero attached hydrogens (tertiary/aromatic N) is 1. The maximum atomic E-state index is 12.1. The molecule has 0 bridgehead atoms. The molecule has 5 heteroatoms. The molecule has 1 aliphatic carbocycles. The Hall–Kier alpha value is -2.14.